The van der Waals surface area contributed by atoms with Gasteiger partial charge in [0.2, 0.25) is 0 Å². The first-order valence-electron chi connectivity index (χ1n) is 5.85. The van der Waals surface area contributed by atoms with Gasteiger partial charge in [-0.05, 0) is 35.9 Å². The van der Waals surface area contributed by atoms with Crippen LogP contribution in [-0.4, -0.2) is 11.1 Å². The topological polar surface area (TPSA) is 61.1 Å². The standard InChI is InChI=1S/C15H9Cl2NO2S/c16-13-4-3-11(6-12(13)15(19)20)21-8-10-2-1-9(7-18)5-14(10)17/h1-6H,8H2,(H,19,20). The van der Waals surface area contributed by atoms with Crippen molar-refractivity contribution in [3.63, 3.8) is 0 Å². The summed E-state index contributed by atoms with van der Waals surface area (Å²) in [4.78, 5) is 11.8. The monoisotopic (exact) mass is 337 g/mol. The number of nitrogens with zero attached hydrogens (tertiary/aromatic N) is 1. The molecule has 0 radical (unpaired) electrons. The van der Waals surface area contributed by atoms with Crippen molar-refractivity contribution in [2.75, 3.05) is 0 Å². The summed E-state index contributed by atoms with van der Waals surface area (Å²) >= 11 is 13.4. The number of rotatable bonds is 4. The van der Waals surface area contributed by atoms with Crippen molar-refractivity contribution in [2.45, 2.75) is 10.6 Å². The second-order valence-corrected chi connectivity index (χ2v) is 6.02. The summed E-state index contributed by atoms with van der Waals surface area (Å²) in [7, 11) is 0. The zero-order valence-corrected chi connectivity index (χ0v) is 13.0. The molecule has 0 aliphatic heterocycles. The van der Waals surface area contributed by atoms with Crippen molar-refractivity contribution in [3.8, 4) is 6.07 Å². The highest BCUT2D eigenvalue weighted by atomic mass is 35.5. The third-order valence-electron chi connectivity index (χ3n) is 2.74. The van der Waals surface area contributed by atoms with Crippen LogP contribution in [0.1, 0.15) is 21.5 Å². The number of carboxylic acids is 1. The van der Waals surface area contributed by atoms with E-state index in [0.717, 1.165) is 10.5 Å². The summed E-state index contributed by atoms with van der Waals surface area (Å²) in [6.07, 6.45) is 0. The average molecular weight is 338 g/mol. The van der Waals surface area contributed by atoms with E-state index in [2.05, 4.69) is 0 Å². The van der Waals surface area contributed by atoms with E-state index in [1.807, 2.05) is 6.07 Å². The fraction of sp³-hybridized carbons (Fsp3) is 0.0667. The Morgan fingerprint density at radius 1 is 1.19 bits per heavy atom. The molecule has 0 saturated carbocycles. The van der Waals surface area contributed by atoms with Crippen molar-refractivity contribution in [2.24, 2.45) is 0 Å². The van der Waals surface area contributed by atoms with E-state index in [0.29, 0.717) is 16.3 Å². The Balaban J connectivity index is 2.15. The van der Waals surface area contributed by atoms with Gasteiger partial charge in [-0.2, -0.15) is 5.26 Å². The minimum atomic E-state index is -1.06. The molecule has 0 amide bonds. The van der Waals surface area contributed by atoms with Crippen molar-refractivity contribution < 1.29 is 9.90 Å². The second kappa shape index (κ2) is 6.86. The Morgan fingerprint density at radius 3 is 2.57 bits per heavy atom. The first-order chi connectivity index (χ1) is 10.0. The van der Waals surface area contributed by atoms with Gasteiger partial charge in [-0.1, -0.05) is 29.3 Å². The van der Waals surface area contributed by atoms with Crippen molar-refractivity contribution in [1.82, 2.24) is 0 Å². The largest absolute Gasteiger partial charge is 0.478 e. The molecule has 0 bridgehead atoms. The van der Waals surface area contributed by atoms with Gasteiger partial charge >= 0.3 is 5.97 Å². The van der Waals surface area contributed by atoms with E-state index in [9.17, 15) is 4.79 Å². The number of nitriles is 1. The van der Waals surface area contributed by atoms with Crippen LogP contribution >= 0.6 is 35.0 Å². The lowest BCUT2D eigenvalue weighted by molar-refractivity contribution is 0.0697. The molecule has 0 fully saturated rings. The maximum atomic E-state index is 11.0. The fourth-order valence-corrected chi connectivity index (χ4v) is 3.12. The van der Waals surface area contributed by atoms with Crippen molar-refractivity contribution in [1.29, 1.82) is 5.26 Å². The van der Waals surface area contributed by atoms with Gasteiger partial charge in [-0.15, -0.1) is 11.8 Å². The maximum Gasteiger partial charge on any atom is 0.337 e. The molecule has 0 unspecified atom stereocenters. The average Bonchev–Trinajstić information content (AvgIpc) is 2.47. The predicted octanol–water partition coefficient (Wildman–Crippen LogP) is 4.86. The highest BCUT2D eigenvalue weighted by Crippen LogP contribution is 2.29. The summed E-state index contributed by atoms with van der Waals surface area (Å²) in [5.74, 6) is -0.482. The second-order valence-electron chi connectivity index (χ2n) is 4.15. The van der Waals surface area contributed by atoms with Gasteiger partial charge < -0.3 is 5.11 Å². The first kappa shape index (κ1) is 15.7. The SMILES string of the molecule is N#Cc1ccc(CSc2ccc(Cl)c(C(=O)O)c2)c(Cl)c1. The summed E-state index contributed by atoms with van der Waals surface area (Å²) in [5, 5.41) is 18.6. The number of halogens is 2. The van der Waals surface area contributed by atoms with Crippen LogP contribution in [0.5, 0.6) is 0 Å². The van der Waals surface area contributed by atoms with Gasteiger partial charge in [0.1, 0.15) is 0 Å². The molecule has 0 aliphatic rings. The number of hydrogen-bond acceptors (Lipinski definition) is 3. The summed E-state index contributed by atoms with van der Waals surface area (Å²) in [5.41, 5.74) is 1.47. The predicted molar refractivity (Wildman–Crippen MR) is 84.1 cm³/mol. The molecule has 2 aromatic rings. The lowest BCUT2D eigenvalue weighted by Crippen LogP contribution is -1.97. The van der Waals surface area contributed by atoms with Crippen LogP contribution in [0.15, 0.2) is 41.3 Å². The van der Waals surface area contributed by atoms with E-state index < -0.39 is 5.97 Å². The highest BCUT2D eigenvalue weighted by molar-refractivity contribution is 7.98. The zero-order valence-electron chi connectivity index (χ0n) is 10.6. The van der Waals surface area contributed by atoms with Gasteiger partial charge in [-0.25, -0.2) is 4.79 Å². The molecule has 21 heavy (non-hydrogen) atoms. The summed E-state index contributed by atoms with van der Waals surface area (Å²) in [6.45, 7) is 0. The molecule has 0 saturated heterocycles. The van der Waals surface area contributed by atoms with Crippen LogP contribution in [0.3, 0.4) is 0 Å². The Labute approximate surface area is 136 Å². The number of benzene rings is 2. The zero-order chi connectivity index (χ0) is 15.4. The van der Waals surface area contributed by atoms with Crippen LogP contribution in [0, 0.1) is 11.3 Å². The molecule has 0 atom stereocenters. The number of aromatic carboxylic acids is 1. The molecule has 0 spiro atoms. The molecule has 0 aromatic heterocycles. The van der Waals surface area contributed by atoms with Crippen molar-refractivity contribution in [3.05, 3.63) is 63.1 Å². The number of hydrogen-bond donors (Lipinski definition) is 1. The molecular formula is C15H9Cl2NO2S. The summed E-state index contributed by atoms with van der Waals surface area (Å²) < 4.78 is 0. The van der Waals surface area contributed by atoms with E-state index in [-0.39, 0.29) is 10.6 Å². The van der Waals surface area contributed by atoms with E-state index in [4.69, 9.17) is 33.6 Å². The van der Waals surface area contributed by atoms with Crippen molar-refractivity contribution >= 4 is 40.9 Å². The molecule has 6 heteroatoms. The number of thioether (sulfide) groups is 1. The lowest BCUT2D eigenvalue weighted by atomic mass is 10.2. The number of carbonyl (C=O) groups is 1. The third-order valence-corrected chi connectivity index (χ3v) is 4.47. The van der Waals surface area contributed by atoms with E-state index in [1.54, 1.807) is 30.3 Å². The maximum absolute atomic E-state index is 11.0. The molecule has 2 aromatic carbocycles. The van der Waals surface area contributed by atoms with Crippen LogP contribution in [0.25, 0.3) is 0 Å². The third kappa shape index (κ3) is 3.92. The Kier molecular flexibility index (Phi) is 5.13. The van der Waals surface area contributed by atoms with Gasteiger partial charge in [0.25, 0.3) is 0 Å². The molecule has 106 valence electrons. The van der Waals surface area contributed by atoms with Crippen LogP contribution < -0.4 is 0 Å². The first-order valence-corrected chi connectivity index (χ1v) is 7.59. The van der Waals surface area contributed by atoms with Crippen LogP contribution in [0.4, 0.5) is 0 Å². The normalized spacial score (nSPS) is 10.1. The Morgan fingerprint density at radius 2 is 1.95 bits per heavy atom. The van der Waals surface area contributed by atoms with Gasteiger partial charge in [0.05, 0.1) is 22.2 Å². The molecular weight excluding hydrogens is 329 g/mol. The Hall–Kier alpha value is -1.67. The molecule has 0 aliphatic carbocycles. The van der Waals surface area contributed by atoms with E-state index >= 15 is 0 Å². The minimum Gasteiger partial charge on any atom is -0.478 e. The van der Waals surface area contributed by atoms with Gasteiger partial charge in [0, 0.05) is 15.7 Å². The van der Waals surface area contributed by atoms with E-state index in [1.165, 1.54) is 17.8 Å². The Bertz CT molecular complexity index is 741. The van der Waals surface area contributed by atoms with Crippen LogP contribution in [-0.2, 0) is 5.75 Å². The molecule has 0 heterocycles. The van der Waals surface area contributed by atoms with Gasteiger partial charge in [0.15, 0.2) is 0 Å². The summed E-state index contributed by atoms with van der Waals surface area (Å²) in [6, 6.07) is 12.0. The molecule has 2 rings (SSSR count). The minimum absolute atomic E-state index is 0.0765. The highest BCUT2D eigenvalue weighted by Gasteiger charge is 2.10. The number of carboxylic acid groups (broad SMARTS) is 1. The fourth-order valence-electron chi connectivity index (χ4n) is 1.65. The molecule has 3 nitrogen and oxygen atoms in total. The molecule has 1 N–H and O–H groups in total. The lowest BCUT2D eigenvalue weighted by Gasteiger charge is -2.06. The van der Waals surface area contributed by atoms with Crippen LogP contribution in [0.2, 0.25) is 10.0 Å². The van der Waals surface area contributed by atoms with Gasteiger partial charge in [-0.3, -0.25) is 0 Å². The smallest absolute Gasteiger partial charge is 0.337 e. The quantitative estimate of drug-likeness (QED) is 0.809.